The lowest BCUT2D eigenvalue weighted by molar-refractivity contribution is 0.372. The smallest absolute Gasteiger partial charge is 0.293 e. The molecule has 0 radical (unpaired) electrons. The van der Waals surface area contributed by atoms with Gasteiger partial charge in [0, 0.05) is 49.6 Å². The number of aryl methyl sites for hydroxylation is 1. The van der Waals surface area contributed by atoms with Gasteiger partial charge in [-0.3, -0.25) is 4.79 Å². The van der Waals surface area contributed by atoms with Crippen LogP contribution in [0.4, 0.5) is 5.82 Å². The van der Waals surface area contributed by atoms with Crippen LogP contribution in [0.5, 0.6) is 11.5 Å². The van der Waals surface area contributed by atoms with E-state index in [-0.39, 0.29) is 17.4 Å². The second-order valence-electron chi connectivity index (χ2n) is 6.45. The lowest BCUT2D eigenvalue weighted by Gasteiger charge is -2.33. The van der Waals surface area contributed by atoms with Crippen LogP contribution in [0.2, 0.25) is 0 Å². The molecule has 1 aliphatic rings. The molecule has 1 aliphatic heterocycles. The lowest BCUT2D eigenvalue weighted by atomic mass is 10.1. The summed E-state index contributed by atoms with van der Waals surface area (Å²) in [7, 11) is 3.26. The molecule has 0 spiro atoms. The largest absolute Gasteiger partial charge is 0.504 e. The Hall–Kier alpha value is -2.06. The fraction of sp³-hybridized carbons (Fsp3) is 0.444. The Balaban J connectivity index is 1.67. The van der Waals surface area contributed by atoms with Crippen molar-refractivity contribution >= 4 is 21.7 Å². The molecule has 0 aliphatic carbocycles. The van der Waals surface area contributed by atoms with Crippen LogP contribution >= 0.6 is 15.9 Å². The molecule has 8 heteroatoms. The highest BCUT2D eigenvalue weighted by molar-refractivity contribution is 9.10. The summed E-state index contributed by atoms with van der Waals surface area (Å²) in [5, 5.41) is 13.5. The van der Waals surface area contributed by atoms with Crippen LogP contribution in [-0.2, 0) is 13.6 Å². The predicted octanol–water partition coefficient (Wildman–Crippen LogP) is 2.02. The van der Waals surface area contributed by atoms with E-state index in [1.807, 2.05) is 4.90 Å². The minimum Gasteiger partial charge on any atom is -0.504 e. The number of nitrogens with zero attached hydrogens (tertiary/aromatic N) is 3. The number of phenols is 1. The molecule has 0 amide bonds. The first-order chi connectivity index (χ1) is 12.5. The topological polar surface area (TPSA) is 79.6 Å². The maximum Gasteiger partial charge on any atom is 0.293 e. The SMILES string of the molecule is COc1cc(Br)c(CNC2CCCN(c3nccn(C)c3=O)C2)cc1O. The summed E-state index contributed by atoms with van der Waals surface area (Å²) in [5.41, 5.74) is 0.880. The summed E-state index contributed by atoms with van der Waals surface area (Å²) in [5.74, 6) is 1.06. The van der Waals surface area contributed by atoms with E-state index >= 15 is 0 Å². The highest BCUT2D eigenvalue weighted by atomic mass is 79.9. The van der Waals surface area contributed by atoms with E-state index < -0.39 is 0 Å². The fourth-order valence-corrected chi connectivity index (χ4v) is 3.64. The summed E-state index contributed by atoms with van der Waals surface area (Å²) < 4.78 is 7.55. The Morgan fingerprint density at radius 2 is 2.27 bits per heavy atom. The molecule has 1 atom stereocenters. The molecule has 0 saturated carbocycles. The molecule has 3 rings (SSSR count). The second-order valence-corrected chi connectivity index (χ2v) is 7.30. The summed E-state index contributed by atoms with van der Waals surface area (Å²) in [4.78, 5) is 18.6. The molecule has 2 N–H and O–H groups in total. The molecule has 140 valence electrons. The Kier molecular flexibility index (Phi) is 5.83. The van der Waals surface area contributed by atoms with Gasteiger partial charge in [0.05, 0.1) is 7.11 Å². The fourth-order valence-electron chi connectivity index (χ4n) is 3.18. The zero-order chi connectivity index (χ0) is 18.7. The van der Waals surface area contributed by atoms with Crippen molar-refractivity contribution in [3.63, 3.8) is 0 Å². The van der Waals surface area contributed by atoms with E-state index in [1.165, 1.54) is 7.11 Å². The molecule has 1 aromatic heterocycles. The van der Waals surface area contributed by atoms with Gasteiger partial charge in [-0.15, -0.1) is 0 Å². The summed E-state index contributed by atoms with van der Waals surface area (Å²) in [6, 6.07) is 3.70. The van der Waals surface area contributed by atoms with Gasteiger partial charge in [0.1, 0.15) is 0 Å². The number of rotatable bonds is 5. The lowest BCUT2D eigenvalue weighted by Crippen LogP contribution is -2.47. The van der Waals surface area contributed by atoms with Crippen LogP contribution < -0.4 is 20.5 Å². The number of nitrogens with one attached hydrogen (secondary N) is 1. The van der Waals surface area contributed by atoms with Crippen molar-refractivity contribution in [3.8, 4) is 11.5 Å². The van der Waals surface area contributed by atoms with Crippen LogP contribution in [0.15, 0.2) is 33.8 Å². The van der Waals surface area contributed by atoms with E-state index in [4.69, 9.17) is 4.74 Å². The third kappa shape index (κ3) is 4.02. The number of halogens is 1. The molecular weight excluding hydrogens is 400 g/mol. The van der Waals surface area contributed by atoms with Crippen LogP contribution in [0.25, 0.3) is 0 Å². The number of piperidine rings is 1. The summed E-state index contributed by atoms with van der Waals surface area (Å²) in [6.07, 6.45) is 5.35. The minimum atomic E-state index is -0.0732. The van der Waals surface area contributed by atoms with E-state index in [1.54, 1.807) is 36.1 Å². The molecular formula is C18H23BrN4O3. The normalized spacial score (nSPS) is 17.3. The highest BCUT2D eigenvalue weighted by Gasteiger charge is 2.23. The first-order valence-corrected chi connectivity index (χ1v) is 9.34. The first kappa shape index (κ1) is 18.7. The molecule has 26 heavy (non-hydrogen) atoms. The monoisotopic (exact) mass is 422 g/mol. The van der Waals surface area contributed by atoms with Crippen molar-refractivity contribution in [1.29, 1.82) is 0 Å². The number of aromatic hydroxyl groups is 1. The van der Waals surface area contributed by atoms with E-state index in [0.717, 1.165) is 36.0 Å². The van der Waals surface area contributed by atoms with E-state index in [9.17, 15) is 9.90 Å². The Bertz CT molecular complexity index is 840. The molecule has 2 heterocycles. The van der Waals surface area contributed by atoms with Gasteiger partial charge < -0.3 is 24.6 Å². The third-order valence-electron chi connectivity index (χ3n) is 4.65. The van der Waals surface area contributed by atoms with Gasteiger partial charge in [0.25, 0.3) is 5.56 Å². The summed E-state index contributed by atoms with van der Waals surface area (Å²) in [6.45, 7) is 2.17. The molecule has 2 aromatic rings. The van der Waals surface area contributed by atoms with Crippen LogP contribution in [0.1, 0.15) is 18.4 Å². The molecule has 1 aromatic carbocycles. The van der Waals surface area contributed by atoms with Gasteiger partial charge in [-0.2, -0.15) is 0 Å². The van der Waals surface area contributed by atoms with Crippen molar-refractivity contribution in [2.75, 3.05) is 25.1 Å². The van der Waals surface area contributed by atoms with Crippen molar-refractivity contribution in [2.24, 2.45) is 7.05 Å². The van der Waals surface area contributed by atoms with Crippen molar-refractivity contribution in [3.05, 3.63) is 44.9 Å². The second kappa shape index (κ2) is 8.09. The van der Waals surface area contributed by atoms with Crippen molar-refractivity contribution in [1.82, 2.24) is 14.9 Å². The van der Waals surface area contributed by atoms with Gasteiger partial charge in [-0.25, -0.2) is 4.98 Å². The van der Waals surface area contributed by atoms with Gasteiger partial charge in [-0.1, -0.05) is 15.9 Å². The third-order valence-corrected chi connectivity index (χ3v) is 5.39. The number of anilines is 1. The quantitative estimate of drug-likeness (QED) is 0.766. The number of phenolic OH excluding ortho intramolecular Hbond substituents is 1. The standard InChI is InChI=1S/C18H23BrN4O3/c1-22-7-5-20-17(18(22)25)23-6-3-4-13(11-23)21-10-12-8-15(24)16(26-2)9-14(12)19/h5,7-9,13,21,24H,3-4,6,10-11H2,1-2H3. The molecule has 0 bridgehead atoms. The van der Waals surface area contributed by atoms with Crippen LogP contribution in [0, 0.1) is 0 Å². The number of benzene rings is 1. The Morgan fingerprint density at radius 3 is 3.04 bits per heavy atom. The Labute approximate surface area is 160 Å². The van der Waals surface area contributed by atoms with Crippen LogP contribution in [0.3, 0.4) is 0 Å². The number of ether oxygens (including phenoxy) is 1. The van der Waals surface area contributed by atoms with Crippen molar-refractivity contribution < 1.29 is 9.84 Å². The number of hydrogen-bond acceptors (Lipinski definition) is 6. The number of methoxy groups -OCH3 is 1. The van der Waals surface area contributed by atoms with Crippen LogP contribution in [-0.4, -0.2) is 40.9 Å². The number of hydrogen-bond donors (Lipinski definition) is 2. The molecule has 7 nitrogen and oxygen atoms in total. The zero-order valence-corrected chi connectivity index (χ0v) is 16.5. The van der Waals surface area contributed by atoms with E-state index in [0.29, 0.717) is 18.1 Å². The average molecular weight is 423 g/mol. The van der Waals surface area contributed by atoms with E-state index in [2.05, 4.69) is 26.2 Å². The predicted molar refractivity (Wildman–Crippen MR) is 104 cm³/mol. The van der Waals surface area contributed by atoms with Crippen molar-refractivity contribution in [2.45, 2.75) is 25.4 Å². The molecule has 1 unspecified atom stereocenters. The minimum absolute atomic E-state index is 0.0732. The Morgan fingerprint density at radius 1 is 1.46 bits per heavy atom. The first-order valence-electron chi connectivity index (χ1n) is 8.55. The highest BCUT2D eigenvalue weighted by Crippen LogP contribution is 2.32. The van der Waals surface area contributed by atoms with Gasteiger partial charge in [0.2, 0.25) is 0 Å². The summed E-state index contributed by atoms with van der Waals surface area (Å²) >= 11 is 3.52. The van der Waals surface area contributed by atoms with Gasteiger partial charge in [-0.05, 0) is 30.5 Å². The molecule has 1 fully saturated rings. The van der Waals surface area contributed by atoms with Gasteiger partial charge in [0.15, 0.2) is 17.3 Å². The maximum absolute atomic E-state index is 12.3. The maximum atomic E-state index is 12.3. The van der Waals surface area contributed by atoms with Gasteiger partial charge >= 0.3 is 0 Å². The number of aromatic nitrogens is 2. The molecule has 1 saturated heterocycles. The average Bonchev–Trinajstić information content (AvgIpc) is 2.64. The zero-order valence-electron chi connectivity index (χ0n) is 14.9.